The van der Waals surface area contributed by atoms with Crippen LogP contribution in [-0.4, -0.2) is 68.9 Å². The Morgan fingerprint density at radius 2 is 2.10 bits per heavy atom. The number of rotatable bonds is 5. The number of nitrogens with zero attached hydrogens (tertiary/aromatic N) is 4. The summed E-state index contributed by atoms with van der Waals surface area (Å²) in [5.74, 6) is 0.621. The number of pyridine rings is 1. The van der Waals surface area contributed by atoms with Crippen LogP contribution in [0.5, 0.6) is 5.88 Å². The summed E-state index contributed by atoms with van der Waals surface area (Å²) >= 11 is 0.681. The lowest BCUT2D eigenvalue weighted by Crippen LogP contribution is -2.50. The Kier molecular flexibility index (Phi) is 5.68. The lowest BCUT2D eigenvalue weighted by Gasteiger charge is -2.40. The topological polar surface area (TPSA) is 64.6 Å². The van der Waals surface area contributed by atoms with Crippen molar-refractivity contribution in [3.05, 3.63) is 47.6 Å². The van der Waals surface area contributed by atoms with Gasteiger partial charge in [0.25, 0.3) is 0 Å². The molecule has 4 atom stereocenters. The van der Waals surface area contributed by atoms with Crippen LogP contribution in [0.15, 0.2) is 46.9 Å². The van der Waals surface area contributed by atoms with Crippen molar-refractivity contribution in [1.29, 1.82) is 0 Å². The minimum absolute atomic E-state index is 0.155. The van der Waals surface area contributed by atoms with Gasteiger partial charge in [-0.3, -0.25) is 9.80 Å². The maximum Gasteiger partial charge on any atom is 0.213 e. The van der Waals surface area contributed by atoms with Gasteiger partial charge in [-0.15, -0.1) is 11.3 Å². The third kappa shape index (κ3) is 4.07. The fourth-order valence-electron chi connectivity index (χ4n) is 4.58. The highest BCUT2D eigenvalue weighted by molar-refractivity contribution is 7.90. The second kappa shape index (κ2) is 8.43. The van der Waals surface area contributed by atoms with Gasteiger partial charge in [0.1, 0.15) is 12.4 Å². The molecule has 0 amide bonds. The number of piperazine rings is 1. The van der Waals surface area contributed by atoms with Crippen molar-refractivity contribution in [2.24, 2.45) is 0 Å². The SMILES string of the molecule is CC(c1ccc2scnc2c1)N1CCN2CC(Oc3ccc([S+](C)[O-])cn3)CC2C1. The van der Waals surface area contributed by atoms with E-state index < -0.39 is 11.2 Å². The van der Waals surface area contributed by atoms with Crippen LogP contribution in [0.1, 0.15) is 24.9 Å². The van der Waals surface area contributed by atoms with Gasteiger partial charge in [0.2, 0.25) is 5.88 Å². The van der Waals surface area contributed by atoms with Crippen LogP contribution in [0.25, 0.3) is 10.2 Å². The molecule has 0 bridgehead atoms. The molecule has 2 aromatic heterocycles. The number of fused-ring (bicyclic) bond motifs is 2. The highest BCUT2D eigenvalue weighted by atomic mass is 32.2. The predicted molar refractivity (Wildman–Crippen MR) is 121 cm³/mol. The monoisotopic (exact) mass is 442 g/mol. The van der Waals surface area contributed by atoms with Crippen LogP contribution in [-0.2, 0) is 11.2 Å². The molecule has 0 saturated carbocycles. The van der Waals surface area contributed by atoms with Gasteiger partial charge in [-0.1, -0.05) is 6.07 Å². The molecule has 0 spiro atoms. The van der Waals surface area contributed by atoms with E-state index in [4.69, 9.17) is 4.74 Å². The van der Waals surface area contributed by atoms with Crippen LogP contribution in [0.4, 0.5) is 0 Å². The van der Waals surface area contributed by atoms with E-state index in [0.717, 1.165) is 43.0 Å². The van der Waals surface area contributed by atoms with E-state index in [0.29, 0.717) is 18.0 Å². The van der Waals surface area contributed by atoms with E-state index in [1.807, 2.05) is 17.6 Å². The summed E-state index contributed by atoms with van der Waals surface area (Å²) in [6, 6.07) is 11.2. The molecule has 2 saturated heterocycles. The molecule has 2 aliphatic heterocycles. The lowest BCUT2D eigenvalue weighted by molar-refractivity contribution is 0.0761. The van der Waals surface area contributed by atoms with Crippen molar-refractivity contribution >= 4 is 32.7 Å². The van der Waals surface area contributed by atoms with Crippen LogP contribution in [0.3, 0.4) is 0 Å². The molecule has 0 radical (unpaired) electrons. The molecule has 30 heavy (non-hydrogen) atoms. The largest absolute Gasteiger partial charge is 0.612 e. The standard InChI is InChI=1S/C22H26N4O2S2/c1-15(16-3-5-21-20(9-16)24-14-29-21)25-7-8-26-13-18(10-17(26)12-25)28-22-6-4-19(11-23-22)30(2)27/h3-6,9,11,14-15,17-18H,7-8,10,12-13H2,1-2H3. The molecule has 4 heterocycles. The van der Waals surface area contributed by atoms with E-state index in [1.165, 1.54) is 10.3 Å². The number of hydrogen-bond acceptors (Lipinski definition) is 7. The van der Waals surface area contributed by atoms with E-state index in [-0.39, 0.29) is 6.10 Å². The van der Waals surface area contributed by atoms with Gasteiger partial charge in [0.05, 0.1) is 21.9 Å². The first-order valence-corrected chi connectivity index (χ1v) is 12.8. The van der Waals surface area contributed by atoms with E-state index >= 15 is 0 Å². The highest BCUT2D eigenvalue weighted by Gasteiger charge is 2.38. The first kappa shape index (κ1) is 20.2. The van der Waals surface area contributed by atoms with E-state index in [1.54, 1.807) is 23.8 Å². The molecule has 2 aliphatic rings. The second-order valence-electron chi connectivity index (χ2n) is 8.16. The molecule has 8 heteroatoms. The number of ether oxygens (including phenoxy) is 1. The van der Waals surface area contributed by atoms with Crippen molar-refractivity contribution in [2.75, 3.05) is 32.4 Å². The van der Waals surface area contributed by atoms with Crippen molar-refractivity contribution in [3.8, 4) is 5.88 Å². The number of thiazole rings is 1. The zero-order valence-electron chi connectivity index (χ0n) is 17.2. The maximum absolute atomic E-state index is 11.5. The van der Waals surface area contributed by atoms with Crippen LogP contribution in [0, 0.1) is 0 Å². The minimum Gasteiger partial charge on any atom is -0.612 e. The molecule has 6 nitrogen and oxygen atoms in total. The van der Waals surface area contributed by atoms with Crippen molar-refractivity contribution in [3.63, 3.8) is 0 Å². The van der Waals surface area contributed by atoms with Gasteiger partial charge < -0.3 is 9.29 Å². The third-order valence-electron chi connectivity index (χ3n) is 6.32. The van der Waals surface area contributed by atoms with Gasteiger partial charge in [-0.2, -0.15) is 0 Å². The number of hydrogen-bond donors (Lipinski definition) is 0. The molecule has 4 unspecified atom stereocenters. The number of aromatic nitrogens is 2. The van der Waals surface area contributed by atoms with Gasteiger partial charge in [0.15, 0.2) is 4.90 Å². The first-order valence-electron chi connectivity index (χ1n) is 10.3. The molecule has 0 N–H and O–H groups in total. The normalized spacial score (nSPS) is 24.6. The van der Waals surface area contributed by atoms with Crippen molar-refractivity contribution in [2.45, 2.75) is 36.4 Å². The Morgan fingerprint density at radius 1 is 1.20 bits per heavy atom. The Balaban J connectivity index is 1.21. The zero-order chi connectivity index (χ0) is 20.7. The Labute approximate surface area is 184 Å². The van der Waals surface area contributed by atoms with E-state index in [2.05, 4.69) is 44.9 Å². The molecular weight excluding hydrogens is 416 g/mol. The average Bonchev–Trinajstić information content (AvgIpc) is 3.38. The summed E-state index contributed by atoms with van der Waals surface area (Å²) in [6.07, 6.45) is 4.48. The van der Waals surface area contributed by atoms with Crippen LogP contribution < -0.4 is 4.74 Å². The van der Waals surface area contributed by atoms with Crippen LogP contribution >= 0.6 is 11.3 Å². The molecule has 158 valence electrons. The van der Waals surface area contributed by atoms with E-state index in [9.17, 15) is 4.55 Å². The fraction of sp³-hybridized carbons (Fsp3) is 0.455. The summed E-state index contributed by atoms with van der Waals surface area (Å²) in [5.41, 5.74) is 4.36. The first-order chi connectivity index (χ1) is 14.6. The van der Waals surface area contributed by atoms with Gasteiger partial charge in [-0.25, -0.2) is 9.97 Å². The molecule has 5 rings (SSSR count). The van der Waals surface area contributed by atoms with Gasteiger partial charge in [-0.05, 0) is 35.8 Å². The average molecular weight is 443 g/mol. The summed E-state index contributed by atoms with van der Waals surface area (Å²) < 4.78 is 18.9. The van der Waals surface area contributed by atoms with Crippen LogP contribution in [0.2, 0.25) is 0 Å². The summed E-state index contributed by atoms with van der Waals surface area (Å²) in [6.45, 7) is 6.43. The predicted octanol–water partition coefficient (Wildman–Crippen LogP) is 3.33. The Bertz CT molecular complexity index is 1010. The fourth-order valence-corrected chi connectivity index (χ4v) is 5.70. The molecule has 3 aromatic rings. The minimum atomic E-state index is -1.01. The third-order valence-corrected chi connectivity index (χ3v) is 8.04. The summed E-state index contributed by atoms with van der Waals surface area (Å²) in [7, 11) is 0. The molecule has 0 aliphatic carbocycles. The molecular formula is C22H26N4O2S2. The summed E-state index contributed by atoms with van der Waals surface area (Å²) in [4.78, 5) is 14.7. The van der Waals surface area contributed by atoms with Crippen molar-refractivity contribution < 1.29 is 9.29 Å². The second-order valence-corrected chi connectivity index (χ2v) is 10.4. The maximum atomic E-state index is 11.5. The van der Waals surface area contributed by atoms with Gasteiger partial charge >= 0.3 is 0 Å². The summed E-state index contributed by atoms with van der Waals surface area (Å²) in [5, 5.41) is 0. The smallest absolute Gasteiger partial charge is 0.213 e. The highest BCUT2D eigenvalue weighted by Crippen LogP contribution is 2.31. The molecule has 1 aromatic carbocycles. The zero-order valence-corrected chi connectivity index (χ0v) is 18.9. The Hall–Kier alpha value is -1.71. The number of benzene rings is 1. The quantitative estimate of drug-likeness (QED) is 0.565. The van der Waals surface area contributed by atoms with Gasteiger partial charge in [0, 0.05) is 56.8 Å². The molecule has 2 fully saturated rings. The lowest BCUT2D eigenvalue weighted by atomic mass is 10.0. The Morgan fingerprint density at radius 3 is 2.90 bits per heavy atom. The van der Waals surface area contributed by atoms with Crippen molar-refractivity contribution in [1.82, 2.24) is 19.8 Å².